The summed E-state index contributed by atoms with van der Waals surface area (Å²) in [6.45, 7) is 6.55. The van der Waals surface area contributed by atoms with Crippen molar-refractivity contribution >= 4 is 17.9 Å². The molecule has 0 aliphatic carbocycles. The van der Waals surface area contributed by atoms with Crippen LogP contribution in [0.25, 0.3) is 0 Å². The van der Waals surface area contributed by atoms with Crippen molar-refractivity contribution in [3.05, 3.63) is 48.6 Å². The van der Waals surface area contributed by atoms with Crippen molar-refractivity contribution in [1.82, 2.24) is 0 Å². The predicted octanol–water partition coefficient (Wildman–Crippen LogP) is 21.0. The fourth-order valence-corrected chi connectivity index (χ4v) is 9.16. The van der Waals surface area contributed by atoms with Gasteiger partial charge in [-0.1, -0.05) is 281 Å². The van der Waals surface area contributed by atoms with Crippen LogP contribution in [0.2, 0.25) is 0 Å². The largest absolute Gasteiger partial charge is 0.462 e. The van der Waals surface area contributed by atoms with Gasteiger partial charge in [0.1, 0.15) is 13.2 Å². The Morgan fingerprint density at radius 1 is 0.296 bits per heavy atom. The molecule has 0 saturated carbocycles. The second-order valence-electron chi connectivity index (χ2n) is 20.9. The Labute approximate surface area is 441 Å². The molecule has 0 radical (unpaired) electrons. The average molecular weight is 996 g/mol. The van der Waals surface area contributed by atoms with E-state index in [0.29, 0.717) is 19.3 Å². The molecule has 1 unspecified atom stereocenters. The molecule has 414 valence electrons. The fraction of sp³-hybridized carbons (Fsp3) is 0.831. The number of esters is 3. The molecule has 0 fully saturated rings. The standard InChI is InChI=1S/C65H118O6/c1-4-7-10-13-16-19-22-25-27-28-29-30-31-32-33-34-35-36-38-40-43-46-49-52-55-58-64(67)70-61-62(60-69-63(66)57-54-51-48-45-42-39-24-21-18-15-12-9-6-3)71-65(68)59-56-53-50-47-44-41-37-26-23-20-17-14-11-8-5-2/h9,12,18,21,28-29,39,42,62H,4-8,10-11,13-17,19-20,22-27,30-38,40-41,43-61H2,1-3H3/b12-9-,21-18-,29-28-,42-39-. The number of hydrogen-bond acceptors (Lipinski definition) is 6. The van der Waals surface area contributed by atoms with Gasteiger partial charge in [0.05, 0.1) is 0 Å². The highest BCUT2D eigenvalue weighted by atomic mass is 16.6. The quantitative estimate of drug-likeness (QED) is 0.0261. The Morgan fingerprint density at radius 2 is 0.549 bits per heavy atom. The fourth-order valence-electron chi connectivity index (χ4n) is 9.16. The summed E-state index contributed by atoms with van der Waals surface area (Å²) in [5, 5.41) is 0. The molecule has 0 aliphatic heterocycles. The van der Waals surface area contributed by atoms with Crippen molar-refractivity contribution in [2.75, 3.05) is 13.2 Å². The third-order valence-corrected chi connectivity index (χ3v) is 13.8. The molecule has 0 amide bonds. The maximum Gasteiger partial charge on any atom is 0.306 e. The second-order valence-corrected chi connectivity index (χ2v) is 20.9. The first-order valence-corrected chi connectivity index (χ1v) is 31.1. The molecule has 71 heavy (non-hydrogen) atoms. The molecule has 6 nitrogen and oxygen atoms in total. The lowest BCUT2D eigenvalue weighted by Crippen LogP contribution is -2.30. The van der Waals surface area contributed by atoms with Crippen molar-refractivity contribution in [3.63, 3.8) is 0 Å². The van der Waals surface area contributed by atoms with Gasteiger partial charge in [-0.3, -0.25) is 14.4 Å². The highest BCUT2D eigenvalue weighted by molar-refractivity contribution is 5.71. The van der Waals surface area contributed by atoms with E-state index in [9.17, 15) is 14.4 Å². The van der Waals surface area contributed by atoms with Gasteiger partial charge in [-0.15, -0.1) is 0 Å². The Morgan fingerprint density at radius 3 is 0.887 bits per heavy atom. The highest BCUT2D eigenvalue weighted by Gasteiger charge is 2.19. The first-order valence-electron chi connectivity index (χ1n) is 31.1. The van der Waals surface area contributed by atoms with Crippen LogP contribution in [-0.2, 0) is 28.6 Å². The van der Waals surface area contributed by atoms with Gasteiger partial charge in [0, 0.05) is 19.3 Å². The zero-order valence-electron chi connectivity index (χ0n) is 47.5. The Kier molecular flexibility index (Phi) is 57.7. The monoisotopic (exact) mass is 995 g/mol. The van der Waals surface area contributed by atoms with Gasteiger partial charge >= 0.3 is 17.9 Å². The molecule has 0 bridgehead atoms. The summed E-state index contributed by atoms with van der Waals surface area (Å²) < 4.78 is 16.9. The summed E-state index contributed by atoms with van der Waals surface area (Å²) in [6.07, 6.45) is 74.1. The molecule has 1 atom stereocenters. The number of unbranched alkanes of at least 4 members (excludes halogenated alkanes) is 38. The van der Waals surface area contributed by atoms with Crippen molar-refractivity contribution in [2.45, 2.75) is 335 Å². The van der Waals surface area contributed by atoms with Crippen molar-refractivity contribution in [1.29, 1.82) is 0 Å². The van der Waals surface area contributed by atoms with E-state index in [0.717, 1.165) is 83.5 Å². The third kappa shape index (κ3) is 58.1. The number of hydrogen-bond donors (Lipinski definition) is 0. The highest BCUT2D eigenvalue weighted by Crippen LogP contribution is 2.17. The lowest BCUT2D eigenvalue weighted by molar-refractivity contribution is -0.167. The van der Waals surface area contributed by atoms with Crippen LogP contribution >= 0.6 is 0 Å². The molecule has 0 aromatic rings. The summed E-state index contributed by atoms with van der Waals surface area (Å²) in [7, 11) is 0. The van der Waals surface area contributed by atoms with E-state index in [1.165, 1.54) is 205 Å². The van der Waals surface area contributed by atoms with Crippen molar-refractivity contribution in [3.8, 4) is 0 Å². The van der Waals surface area contributed by atoms with E-state index < -0.39 is 6.10 Å². The topological polar surface area (TPSA) is 78.9 Å². The van der Waals surface area contributed by atoms with Crippen LogP contribution < -0.4 is 0 Å². The van der Waals surface area contributed by atoms with Crippen LogP contribution in [0, 0.1) is 0 Å². The van der Waals surface area contributed by atoms with Crippen LogP contribution in [0.15, 0.2) is 48.6 Å². The molecule has 0 aromatic heterocycles. The summed E-state index contributed by atoms with van der Waals surface area (Å²) in [4.78, 5) is 38.2. The van der Waals surface area contributed by atoms with Gasteiger partial charge in [-0.2, -0.15) is 0 Å². The summed E-state index contributed by atoms with van der Waals surface area (Å²) in [5.74, 6) is -0.891. The normalized spacial score (nSPS) is 12.3. The first kappa shape index (κ1) is 68.4. The Hall–Kier alpha value is -2.63. The SMILES string of the molecule is CC/C=C\C/C=C\C/C=C\CCCCCC(=O)OCC(COC(=O)CCCCCCCCCCCCCCC/C=C\CCCCCCCCCC)OC(=O)CCCCCCCCCCCCCCCCC. The number of carbonyl (C=O) groups excluding carboxylic acids is 3. The molecule has 0 heterocycles. The van der Waals surface area contributed by atoms with Gasteiger partial charge in [-0.25, -0.2) is 0 Å². The van der Waals surface area contributed by atoms with Crippen LogP contribution in [0.3, 0.4) is 0 Å². The molecular weight excluding hydrogens is 877 g/mol. The van der Waals surface area contributed by atoms with Gasteiger partial charge < -0.3 is 14.2 Å². The van der Waals surface area contributed by atoms with E-state index in [2.05, 4.69) is 69.4 Å². The van der Waals surface area contributed by atoms with E-state index in [4.69, 9.17) is 14.2 Å². The van der Waals surface area contributed by atoms with E-state index in [1.807, 2.05) is 0 Å². The van der Waals surface area contributed by atoms with Gasteiger partial charge in [0.15, 0.2) is 6.10 Å². The van der Waals surface area contributed by atoms with Crippen LogP contribution in [0.5, 0.6) is 0 Å². The maximum absolute atomic E-state index is 12.9. The lowest BCUT2D eigenvalue weighted by Gasteiger charge is -2.18. The zero-order chi connectivity index (χ0) is 51.4. The smallest absolute Gasteiger partial charge is 0.306 e. The third-order valence-electron chi connectivity index (χ3n) is 13.8. The van der Waals surface area contributed by atoms with E-state index in [1.54, 1.807) is 0 Å². The predicted molar refractivity (Wildman–Crippen MR) is 307 cm³/mol. The van der Waals surface area contributed by atoms with E-state index >= 15 is 0 Å². The minimum Gasteiger partial charge on any atom is -0.462 e. The summed E-state index contributed by atoms with van der Waals surface area (Å²) in [6, 6.07) is 0. The number of carbonyl (C=O) groups is 3. The first-order chi connectivity index (χ1) is 35.0. The Bertz CT molecular complexity index is 1230. The molecule has 0 aromatic carbocycles. The maximum atomic E-state index is 12.9. The molecule has 0 N–H and O–H groups in total. The number of ether oxygens (including phenoxy) is 3. The molecule has 0 aliphatic rings. The molecule has 0 saturated heterocycles. The lowest BCUT2D eigenvalue weighted by atomic mass is 10.0. The molecule has 6 heteroatoms. The van der Waals surface area contributed by atoms with Crippen LogP contribution in [0.4, 0.5) is 0 Å². The summed E-state index contributed by atoms with van der Waals surface area (Å²) >= 11 is 0. The molecule has 0 rings (SSSR count). The zero-order valence-corrected chi connectivity index (χ0v) is 47.5. The van der Waals surface area contributed by atoms with Crippen LogP contribution in [0.1, 0.15) is 329 Å². The number of rotatable bonds is 57. The summed E-state index contributed by atoms with van der Waals surface area (Å²) in [5.41, 5.74) is 0. The second kappa shape index (κ2) is 59.9. The molecular formula is C65H118O6. The van der Waals surface area contributed by atoms with E-state index in [-0.39, 0.29) is 31.1 Å². The van der Waals surface area contributed by atoms with Gasteiger partial charge in [0.25, 0.3) is 0 Å². The minimum atomic E-state index is -0.782. The van der Waals surface area contributed by atoms with Gasteiger partial charge in [0.2, 0.25) is 0 Å². The minimum absolute atomic E-state index is 0.0789. The van der Waals surface area contributed by atoms with Gasteiger partial charge in [-0.05, 0) is 77.0 Å². The Balaban J connectivity index is 4.24. The van der Waals surface area contributed by atoms with Crippen molar-refractivity contribution < 1.29 is 28.6 Å². The average Bonchev–Trinajstić information content (AvgIpc) is 3.37. The number of allylic oxidation sites excluding steroid dienone is 8. The molecule has 0 spiro atoms. The van der Waals surface area contributed by atoms with Crippen LogP contribution in [-0.4, -0.2) is 37.2 Å². The van der Waals surface area contributed by atoms with Crippen molar-refractivity contribution in [2.24, 2.45) is 0 Å².